The third kappa shape index (κ3) is 3.43. The maximum absolute atomic E-state index is 12.6. The highest BCUT2D eigenvalue weighted by Crippen LogP contribution is 2.36. The van der Waals surface area contributed by atoms with Crippen molar-refractivity contribution >= 4 is 39.0 Å². The highest BCUT2D eigenvalue weighted by atomic mass is 35.5. The summed E-state index contributed by atoms with van der Waals surface area (Å²) in [5, 5.41) is 3.92. The molecule has 1 aromatic carbocycles. The van der Waals surface area contributed by atoms with Crippen molar-refractivity contribution in [3.63, 3.8) is 0 Å². The molecule has 2 aromatic rings. The predicted molar refractivity (Wildman–Crippen MR) is 92.4 cm³/mol. The van der Waals surface area contributed by atoms with Crippen LogP contribution >= 0.6 is 22.9 Å². The molecule has 0 spiro atoms. The molecule has 6 heteroatoms. The van der Waals surface area contributed by atoms with Crippen molar-refractivity contribution < 1.29 is 8.42 Å². The summed E-state index contributed by atoms with van der Waals surface area (Å²) in [6.45, 7) is 0.579. The van der Waals surface area contributed by atoms with Crippen molar-refractivity contribution in [3.8, 4) is 0 Å². The number of halogens is 1. The largest absolute Gasteiger partial charge is 0.236 e. The van der Waals surface area contributed by atoms with Crippen LogP contribution in [0.15, 0.2) is 47.2 Å². The molecule has 1 fully saturated rings. The predicted octanol–water partition coefficient (Wildman–Crippen LogP) is 4.54. The van der Waals surface area contributed by atoms with Gasteiger partial charge in [-0.3, -0.25) is 0 Å². The summed E-state index contributed by atoms with van der Waals surface area (Å²) < 4.78 is 26.8. The summed E-state index contributed by atoms with van der Waals surface area (Å²) in [4.78, 5) is 1.11. The van der Waals surface area contributed by atoms with Gasteiger partial charge in [0, 0.05) is 21.9 Å². The van der Waals surface area contributed by atoms with Gasteiger partial charge in [-0.2, -0.15) is 4.31 Å². The fraction of sp³-hybridized carbons (Fsp3) is 0.250. The van der Waals surface area contributed by atoms with Gasteiger partial charge in [-0.1, -0.05) is 29.8 Å². The average molecular weight is 354 g/mol. The zero-order chi connectivity index (χ0) is 15.6. The fourth-order valence-electron chi connectivity index (χ4n) is 2.63. The number of nitrogens with zero attached hydrogens (tertiary/aromatic N) is 1. The first-order valence-electron chi connectivity index (χ1n) is 7.05. The van der Waals surface area contributed by atoms with E-state index < -0.39 is 10.0 Å². The molecule has 1 aliphatic rings. The molecule has 0 amide bonds. The zero-order valence-electron chi connectivity index (χ0n) is 11.9. The molecule has 116 valence electrons. The van der Waals surface area contributed by atoms with E-state index in [0.29, 0.717) is 11.6 Å². The van der Waals surface area contributed by atoms with E-state index in [9.17, 15) is 8.42 Å². The number of hydrogen-bond acceptors (Lipinski definition) is 3. The Hall–Kier alpha value is -1.14. The van der Waals surface area contributed by atoms with Gasteiger partial charge < -0.3 is 0 Å². The first-order chi connectivity index (χ1) is 10.6. The quantitative estimate of drug-likeness (QED) is 0.809. The summed E-state index contributed by atoms with van der Waals surface area (Å²) in [6.07, 6.45) is 3.40. The normalized spacial score (nSPS) is 20.0. The SMILES string of the molecule is O=S(=O)(/C=C/c1ccc(Cl)cc1)N1CCCC1c1cccs1. The topological polar surface area (TPSA) is 37.4 Å². The molecule has 0 radical (unpaired) electrons. The van der Waals surface area contributed by atoms with Gasteiger partial charge in [0.25, 0.3) is 0 Å². The van der Waals surface area contributed by atoms with Crippen molar-refractivity contribution in [2.24, 2.45) is 0 Å². The lowest BCUT2D eigenvalue weighted by Crippen LogP contribution is -2.28. The van der Waals surface area contributed by atoms with E-state index >= 15 is 0 Å². The summed E-state index contributed by atoms with van der Waals surface area (Å²) in [7, 11) is -3.42. The molecule has 3 nitrogen and oxygen atoms in total. The van der Waals surface area contributed by atoms with E-state index in [0.717, 1.165) is 23.3 Å². The van der Waals surface area contributed by atoms with Crippen LogP contribution in [0, 0.1) is 0 Å². The monoisotopic (exact) mass is 353 g/mol. The van der Waals surface area contributed by atoms with E-state index in [1.807, 2.05) is 17.5 Å². The Balaban J connectivity index is 1.81. The summed E-state index contributed by atoms with van der Waals surface area (Å²) in [5.74, 6) is 0. The Labute approximate surface area is 139 Å². The minimum atomic E-state index is -3.42. The van der Waals surface area contributed by atoms with Crippen LogP contribution in [-0.2, 0) is 10.0 Å². The van der Waals surface area contributed by atoms with Gasteiger partial charge in [-0.25, -0.2) is 8.42 Å². The van der Waals surface area contributed by atoms with E-state index in [-0.39, 0.29) is 6.04 Å². The summed E-state index contributed by atoms with van der Waals surface area (Å²) in [5.41, 5.74) is 0.819. The Morgan fingerprint density at radius 1 is 1.23 bits per heavy atom. The minimum absolute atomic E-state index is 0.0279. The molecule has 1 atom stereocenters. The molecule has 22 heavy (non-hydrogen) atoms. The van der Waals surface area contributed by atoms with Gasteiger partial charge in [-0.15, -0.1) is 11.3 Å². The van der Waals surface area contributed by atoms with Crippen molar-refractivity contribution in [1.29, 1.82) is 0 Å². The number of thiophene rings is 1. The van der Waals surface area contributed by atoms with Crippen LogP contribution in [0.25, 0.3) is 6.08 Å². The summed E-state index contributed by atoms with van der Waals surface area (Å²) >= 11 is 7.44. The van der Waals surface area contributed by atoms with Crippen molar-refractivity contribution in [3.05, 3.63) is 62.6 Å². The zero-order valence-corrected chi connectivity index (χ0v) is 14.2. The second-order valence-electron chi connectivity index (χ2n) is 5.18. The second kappa shape index (κ2) is 6.54. The van der Waals surface area contributed by atoms with Gasteiger partial charge in [0.15, 0.2) is 0 Å². The van der Waals surface area contributed by atoms with Crippen LogP contribution < -0.4 is 0 Å². The molecule has 0 bridgehead atoms. The molecule has 1 unspecified atom stereocenters. The first-order valence-corrected chi connectivity index (χ1v) is 9.81. The molecule has 3 rings (SSSR count). The molecule has 1 saturated heterocycles. The van der Waals surface area contributed by atoms with Crippen molar-refractivity contribution in [1.82, 2.24) is 4.31 Å². The van der Waals surface area contributed by atoms with Crippen LogP contribution in [0.4, 0.5) is 0 Å². The number of rotatable bonds is 4. The highest BCUT2D eigenvalue weighted by Gasteiger charge is 2.34. The van der Waals surface area contributed by atoms with Crippen LogP contribution in [0.1, 0.15) is 29.3 Å². The number of hydrogen-bond donors (Lipinski definition) is 0. The van der Waals surface area contributed by atoms with Gasteiger partial charge in [0.2, 0.25) is 10.0 Å². The van der Waals surface area contributed by atoms with E-state index in [2.05, 4.69) is 0 Å². The third-order valence-corrected chi connectivity index (χ3v) is 6.50. The van der Waals surface area contributed by atoms with Crippen LogP contribution in [-0.4, -0.2) is 19.3 Å². The van der Waals surface area contributed by atoms with E-state index in [1.54, 1.807) is 46.0 Å². The maximum atomic E-state index is 12.6. The summed E-state index contributed by atoms with van der Waals surface area (Å²) in [6, 6.07) is 11.0. The smallest absolute Gasteiger partial charge is 0.207 e. The minimum Gasteiger partial charge on any atom is -0.207 e. The van der Waals surface area contributed by atoms with Gasteiger partial charge in [-0.05, 0) is 48.1 Å². The van der Waals surface area contributed by atoms with Crippen LogP contribution in [0.5, 0.6) is 0 Å². The third-order valence-electron chi connectivity index (χ3n) is 3.70. The molecule has 0 saturated carbocycles. The Morgan fingerprint density at radius 2 is 2.00 bits per heavy atom. The molecule has 0 aliphatic carbocycles. The molecule has 2 heterocycles. The Bertz CT molecular complexity index is 752. The maximum Gasteiger partial charge on any atom is 0.236 e. The first kappa shape index (κ1) is 15.7. The van der Waals surface area contributed by atoms with E-state index in [1.165, 1.54) is 5.41 Å². The standard InChI is InChI=1S/C16H16ClNO2S2/c17-14-7-5-13(6-8-14)9-12-22(19,20)18-10-1-3-15(18)16-4-2-11-21-16/h2,4-9,11-12,15H,1,3,10H2/b12-9+. The van der Waals surface area contributed by atoms with E-state index in [4.69, 9.17) is 11.6 Å². The lowest BCUT2D eigenvalue weighted by atomic mass is 10.2. The molecular weight excluding hydrogens is 338 g/mol. The fourth-order valence-corrected chi connectivity index (χ4v) is 5.14. The number of sulfonamides is 1. The van der Waals surface area contributed by atoms with Gasteiger partial charge in [0.1, 0.15) is 0 Å². The lowest BCUT2D eigenvalue weighted by molar-refractivity contribution is 0.407. The van der Waals surface area contributed by atoms with Crippen LogP contribution in [0.2, 0.25) is 5.02 Å². The molecule has 1 aliphatic heterocycles. The van der Waals surface area contributed by atoms with Crippen molar-refractivity contribution in [2.75, 3.05) is 6.54 Å². The lowest BCUT2D eigenvalue weighted by Gasteiger charge is -2.21. The Kier molecular flexibility index (Phi) is 4.68. The molecule has 0 N–H and O–H groups in total. The van der Waals surface area contributed by atoms with Crippen molar-refractivity contribution in [2.45, 2.75) is 18.9 Å². The van der Waals surface area contributed by atoms with Gasteiger partial charge in [0.05, 0.1) is 6.04 Å². The second-order valence-corrected chi connectivity index (χ2v) is 8.37. The van der Waals surface area contributed by atoms with Gasteiger partial charge >= 0.3 is 0 Å². The van der Waals surface area contributed by atoms with Crippen LogP contribution in [0.3, 0.4) is 0 Å². The molecule has 1 aromatic heterocycles. The highest BCUT2D eigenvalue weighted by molar-refractivity contribution is 7.92. The number of benzene rings is 1. The molecular formula is C16H16ClNO2S2. The average Bonchev–Trinajstić information content (AvgIpc) is 3.17. The Morgan fingerprint density at radius 3 is 2.68 bits per heavy atom.